The number of hydrogen-bond donors (Lipinski definition) is 3. The highest BCUT2D eigenvalue weighted by atomic mass is 16.6. The molecule has 3 aromatic rings. The molecule has 1 amide bonds. The third-order valence-electron chi connectivity index (χ3n) is 7.26. The summed E-state index contributed by atoms with van der Waals surface area (Å²) in [6, 6.07) is 3.84. The predicted molar refractivity (Wildman–Crippen MR) is 133 cm³/mol. The Balaban J connectivity index is 1.47. The number of rotatable bonds is 6. The van der Waals surface area contributed by atoms with E-state index in [4.69, 9.17) is 15.7 Å². The summed E-state index contributed by atoms with van der Waals surface area (Å²) < 4.78 is 9.27. The lowest BCUT2D eigenvalue weighted by Gasteiger charge is -2.38. The molecule has 13 nitrogen and oxygen atoms in total. The molecule has 0 aliphatic carbocycles. The largest absolute Gasteiger partial charge is 0.387 e. The van der Waals surface area contributed by atoms with Crippen molar-refractivity contribution in [2.75, 3.05) is 32.4 Å². The first kappa shape index (κ1) is 25.1. The third-order valence-corrected chi connectivity index (χ3v) is 7.26. The van der Waals surface area contributed by atoms with Crippen LogP contribution in [0.2, 0.25) is 0 Å². The molecule has 3 aromatic heterocycles. The van der Waals surface area contributed by atoms with Crippen LogP contribution in [0.4, 0.5) is 5.82 Å². The Labute approximate surface area is 213 Å². The number of anilines is 1. The number of aryl methyl sites for hydroxylation is 1. The average molecular weight is 510 g/mol. The highest BCUT2D eigenvalue weighted by molar-refractivity contribution is 5.99. The smallest absolute Gasteiger partial charge is 0.254 e. The van der Waals surface area contributed by atoms with E-state index in [1.165, 1.54) is 6.33 Å². The van der Waals surface area contributed by atoms with Crippen LogP contribution in [0.3, 0.4) is 0 Å². The number of amides is 1. The molecule has 2 saturated heterocycles. The number of carbonyl (C=O) groups is 1. The molecule has 0 bridgehead atoms. The van der Waals surface area contributed by atoms with Gasteiger partial charge in [0.15, 0.2) is 12.3 Å². The zero-order valence-electron chi connectivity index (χ0n) is 20.8. The molecule has 5 rings (SSSR count). The van der Waals surface area contributed by atoms with Gasteiger partial charge in [0, 0.05) is 37.6 Å². The van der Waals surface area contributed by atoms with Gasteiger partial charge in [-0.1, -0.05) is 0 Å². The Morgan fingerprint density at radius 3 is 2.70 bits per heavy atom. The van der Waals surface area contributed by atoms with Crippen molar-refractivity contribution < 1.29 is 19.7 Å². The number of hydrogen-bond acceptors (Lipinski definition) is 10. The van der Waals surface area contributed by atoms with Gasteiger partial charge in [-0.3, -0.25) is 9.48 Å². The first-order chi connectivity index (χ1) is 17.8. The van der Waals surface area contributed by atoms with Crippen molar-refractivity contribution in [3.8, 4) is 17.3 Å². The lowest BCUT2D eigenvalue weighted by molar-refractivity contribution is -0.151. The minimum absolute atomic E-state index is 0.0697. The summed E-state index contributed by atoms with van der Waals surface area (Å²) in [5.41, 5.74) is 7.83. The summed E-state index contributed by atoms with van der Waals surface area (Å²) in [5.74, 6) is -0.204. The van der Waals surface area contributed by atoms with Crippen LogP contribution in [0.1, 0.15) is 25.5 Å². The molecule has 13 heteroatoms. The van der Waals surface area contributed by atoms with Crippen LogP contribution in [0.5, 0.6) is 0 Å². The zero-order valence-corrected chi connectivity index (χ0v) is 20.8. The molecule has 4 atom stereocenters. The van der Waals surface area contributed by atoms with Crippen LogP contribution in [-0.4, -0.2) is 101 Å². The minimum Gasteiger partial charge on any atom is -0.387 e. The Hall–Kier alpha value is -3.57. The molecule has 0 radical (unpaired) electrons. The number of piperidine rings is 1. The number of aliphatic hydroxyl groups is 2. The van der Waals surface area contributed by atoms with Gasteiger partial charge < -0.3 is 35.1 Å². The number of nitrogens with two attached hydrogens (primary N) is 1. The molecule has 4 N–H and O–H groups in total. The maximum Gasteiger partial charge on any atom is 0.254 e. The molecule has 5 heterocycles. The first-order valence-electron chi connectivity index (χ1n) is 12.3. The van der Waals surface area contributed by atoms with Crippen molar-refractivity contribution >= 4 is 22.8 Å². The Kier molecular flexibility index (Phi) is 6.82. The summed E-state index contributed by atoms with van der Waals surface area (Å²) >= 11 is 0. The van der Waals surface area contributed by atoms with Gasteiger partial charge in [-0.2, -0.15) is 10.4 Å². The fourth-order valence-electron chi connectivity index (χ4n) is 5.26. The standard InChI is InChI=1S/C24H31N9O4/c1-30-9-4-14(5-10-30)32(8-3-7-25)23(36)20-18(34)19(35)24(37-20)33-12-15(16-6-11-31(2)29-16)17-21(26)27-13-28-22(17)33/h6,11-14,18-20,24,34-35H,3-5,8-10H2,1-2H3,(H2,26,27,28)/t18-,19+,20-,24+/m0/s1. The van der Waals surface area contributed by atoms with E-state index in [1.54, 1.807) is 33.6 Å². The molecule has 0 aromatic carbocycles. The number of nitrogens with zero attached hydrogens (tertiary/aromatic N) is 8. The number of aliphatic hydroxyl groups excluding tert-OH is 2. The van der Waals surface area contributed by atoms with Crippen molar-refractivity contribution in [1.29, 1.82) is 5.26 Å². The van der Waals surface area contributed by atoms with E-state index < -0.39 is 30.4 Å². The van der Waals surface area contributed by atoms with E-state index in [0.29, 0.717) is 22.3 Å². The molecule has 196 valence electrons. The fourth-order valence-corrected chi connectivity index (χ4v) is 5.26. The second kappa shape index (κ2) is 10.1. The monoisotopic (exact) mass is 509 g/mol. The number of carbonyl (C=O) groups excluding carboxylic acids is 1. The number of nitriles is 1. The Bertz CT molecular complexity index is 1320. The molecule has 2 aliphatic heterocycles. The van der Waals surface area contributed by atoms with E-state index in [2.05, 4.69) is 26.0 Å². The maximum atomic E-state index is 13.7. The number of nitrogen functional groups attached to an aromatic ring is 1. The lowest BCUT2D eigenvalue weighted by atomic mass is 10.0. The second-order valence-corrected chi connectivity index (χ2v) is 9.68. The summed E-state index contributed by atoms with van der Waals surface area (Å²) in [4.78, 5) is 25.9. The van der Waals surface area contributed by atoms with Crippen LogP contribution in [0.25, 0.3) is 22.3 Å². The van der Waals surface area contributed by atoms with Gasteiger partial charge in [-0.05, 0) is 39.0 Å². The Morgan fingerprint density at radius 1 is 1.27 bits per heavy atom. The Morgan fingerprint density at radius 2 is 2.03 bits per heavy atom. The first-order valence-corrected chi connectivity index (χ1v) is 12.3. The molecule has 0 unspecified atom stereocenters. The minimum atomic E-state index is -1.47. The number of fused-ring (bicyclic) bond motifs is 1. The van der Waals surface area contributed by atoms with Gasteiger partial charge in [0.1, 0.15) is 30.0 Å². The van der Waals surface area contributed by atoms with Crippen molar-refractivity contribution in [2.45, 2.75) is 49.8 Å². The third kappa shape index (κ3) is 4.53. The fraction of sp³-hybridized carbons (Fsp3) is 0.542. The van der Waals surface area contributed by atoms with Crippen molar-refractivity contribution in [3.63, 3.8) is 0 Å². The summed E-state index contributed by atoms with van der Waals surface area (Å²) in [6.45, 7) is 1.89. The molecule has 0 spiro atoms. The number of likely N-dealkylation sites (tertiary alicyclic amines) is 1. The van der Waals surface area contributed by atoms with Crippen LogP contribution >= 0.6 is 0 Å². The average Bonchev–Trinajstić information content (AvgIpc) is 3.57. The van der Waals surface area contributed by atoms with Crippen molar-refractivity contribution in [2.24, 2.45) is 7.05 Å². The van der Waals surface area contributed by atoms with Crippen molar-refractivity contribution in [1.82, 2.24) is 34.1 Å². The zero-order chi connectivity index (χ0) is 26.3. The molecule has 2 fully saturated rings. The van der Waals surface area contributed by atoms with Gasteiger partial charge in [-0.25, -0.2) is 9.97 Å². The molecule has 0 saturated carbocycles. The van der Waals surface area contributed by atoms with Gasteiger partial charge >= 0.3 is 0 Å². The van der Waals surface area contributed by atoms with Crippen LogP contribution < -0.4 is 5.73 Å². The van der Waals surface area contributed by atoms with Crippen LogP contribution in [0, 0.1) is 11.3 Å². The van der Waals surface area contributed by atoms with Crippen LogP contribution in [0.15, 0.2) is 24.8 Å². The highest BCUT2D eigenvalue weighted by Gasteiger charge is 2.49. The number of ether oxygens (including phenoxy) is 1. The molecule has 2 aliphatic rings. The molecular formula is C24H31N9O4. The highest BCUT2D eigenvalue weighted by Crippen LogP contribution is 2.38. The maximum absolute atomic E-state index is 13.7. The van der Waals surface area contributed by atoms with E-state index in [1.807, 2.05) is 13.1 Å². The van der Waals surface area contributed by atoms with E-state index in [0.717, 1.165) is 25.9 Å². The SMILES string of the molecule is CN1CCC(N(CCC#N)C(=O)[C@H]2O[C@@H](n3cc(-c4ccn(C)n4)c4c(N)ncnc43)[C@H](O)[C@@H]2O)CC1. The van der Waals surface area contributed by atoms with Gasteiger partial charge in [0.25, 0.3) is 5.91 Å². The second-order valence-electron chi connectivity index (χ2n) is 9.68. The quantitative estimate of drug-likeness (QED) is 0.406. The van der Waals surface area contributed by atoms with Crippen molar-refractivity contribution in [3.05, 3.63) is 24.8 Å². The summed E-state index contributed by atoms with van der Waals surface area (Å²) in [6.07, 6.45) is 1.19. The molecular weight excluding hydrogens is 478 g/mol. The summed E-state index contributed by atoms with van der Waals surface area (Å²) in [7, 11) is 3.82. The van der Waals surface area contributed by atoms with Gasteiger partial charge in [-0.15, -0.1) is 0 Å². The van der Waals surface area contributed by atoms with E-state index in [9.17, 15) is 15.0 Å². The van der Waals surface area contributed by atoms with Gasteiger partial charge in [0.05, 0.1) is 23.6 Å². The van der Waals surface area contributed by atoms with E-state index >= 15 is 0 Å². The van der Waals surface area contributed by atoms with Gasteiger partial charge in [0.2, 0.25) is 0 Å². The normalized spacial score (nSPS) is 24.9. The molecule has 37 heavy (non-hydrogen) atoms. The summed E-state index contributed by atoms with van der Waals surface area (Å²) in [5, 5.41) is 36.1. The van der Waals surface area contributed by atoms with E-state index in [-0.39, 0.29) is 24.8 Å². The lowest BCUT2D eigenvalue weighted by Crippen LogP contribution is -2.52. The predicted octanol–water partition coefficient (Wildman–Crippen LogP) is -0.130. The topological polar surface area (TPSA) is 172 Å². The van der Waals surface area contributed by atoms with Crippen LogP contribution in [-0.2, 0) is 16.6 Å². The number of aromatic nitrogens is 5.